The highest BCUT2D eigenvalue weighted by Crippen LogP contribution is 2.35. The summed E-state index contributed by atoms with van der Waals surface area (Å²) in [5.74, 6) is 0. The highest BCUT2D eigenvalue weighted by molar-refractivity contribution is 7.97. The van der Waals surface area contributed by atoms with Crippen molar-refractivity contribution in [3.8, 4) is 0 Å². The molecule has 0 radical (unpaired) electrons. The minimum absolute atomic E-state index is 0.185. The lowest BCUT2D eigenvalue weighted by Gasteiger charge is -2.28. The molecule has 3 aromatic rings. The quantitative estimate of drug-likeness (QED) is 0.465. The molecule has 0 aliphatic rings. The SMILES string of the molecule is CC(C)(c1ccccc1)c1cc(Cl)ccc1C(=O)S.O=C(S)c1ccccc1. The van der Waals surface area contributed by atoms with E-state index < -0.39 is 0 Å². The Morgan fingerprint density at radius 2 is 1.32 bits per heavy atom. The molecule has 144 valence electrons. The molecule has 0 spiro atoms. The Morgan fingerprint density at radius 3 is 1.79 bits per heavy atom. The zero-order chi connectivity index (χ0) is 20.7. The van der Waals surface area contributed by atoms with Gasteiger partial charge in [0.1, 0.15) is 0 Å². The summed E-state index contributed by atoms with van der Waals surface area (Å²) in [6, 6.07) is 24.3. The third kappa shape index (κ3) is 5.74. The molecule has 0 saturated heterocycles. The van der Waals surface area contributed by atoms with Gasteiger partial charge in [0, 0.05) is 21.6 Å². The summed E-state index contributed by atoms with van der Waals surface area (Å²) in [6.07, 6.45) is 0. The van der Waals surface area contributed by atoms with Crippen LogP contribution in [0.1, 0.15) is 45.7 Å². The number of benzene rings is 3. The van der Waals surface area contributed by atoms with E-state index in [0.29, 0.717) is 16.1 Å². The zero-order valence-electron chi connectivity index (χ0n) is 15.6. The fraction of sp³-hybridized carbons (Fsp3) is 0.130. The molecule has 3 rings (SSSR count). The van der Waals surface area contributed by atoms with Gasteiger partial charge < -0.3 is 0 Å². The van der Waals surface area contributed by atoms with Gasteiger partial charge >= 0.3 is 0 Å². The zero-order valence-corrected chi connectivity index (χ0v) is 18.1. The van der Waals surface area contributed by atoms with E-state index in [1.807, 2.05) is 54.6 Å². The van der Waals surface area contributed by atoms with Crippen molar-refractivity contribution >= 4 is 47.1 Å². The van der Waals surface area contributed by atoms with E-state index in [-0.39, 0.29) is 15.6 Å². The van der Waals surface area contributed by atoms with Crippen LogP contribution < -0.4 is 0 Å². The lowest BCUT2D eigenvalue weighted by Crippen LogP contribution is -2.21. The first kappa shape index (κ1) is 22.3. The smallest absolute Gasteiger partial charge is 0.216 e. The predicted octanol–water partition coefficient (Wildman–Crippen LogP) is 6.49. The van der Waals surface area contributed by atoms with Gasteiger partial charge in [-0.2, -0.15) is 0 Å². The van der Waals surface area contributed by atoms with Crippen molar-refractivity contribution < 1.29 is 9.59 Å². The normalized spacial score (nSPS) is 10.6. The third-order valence-corrected chi connectivity index (χ3v) is 5.14. The van der Waals surface area contributed by atoms with Crippen LogP contribution in [0.25, 0.3) is 0 Å². The van der Waals surface area contributed by atoms with E-state index in [9.17, 15) is 9.59 Å². The highest BCUT2D eigenvalue weighted by atomic mass is 35.5. The molecule has 3 aromatic carbocycles. The van der Waals surface area contributed by atoms with Crippen LogP contribution in [0.5, 0.6) is 0 Å². The fourth-order valence-corrected chi connectivity index (χ4v) is 3.33. The number of hydrogen-bond donors (Lipinski definition) is 2. The van der Waals surface area contributed by atoms with Crippen LogP contribution in [0.15, 0.2) is 78.9 Å². The molecule has 0 unspecified atom stereocenters. The molecule has 28 heavy (non-hydrogen) atoms. The van der Waals surface area contributed by atoms with E-state index in [4.69, 9.17) is 11.6 Å². The predicted molar refractivity (Wildman–Crippen MR) is 123 cm³/mol. The van der Waals surface area contributed by atoms with Crippen molar-refractivity contribution in [3.63, 3.8) is 0 Å². The van der Waals surface area contributed by atoms with Crippen molar-refractivity contribution in [2.75, 3.05) is 0 Å². The monoisotopic (exact) mass is 428 g/mol. The minimum Gasteiger partial charge on any atom is -0.282 e. The largest absolute Gasteiger partial charge is 0.282 e. The van der Waals surface area contributed by atoms with Gasteiger partial charge in [-0.25, -0.2) is 0 Å². The Kier molecular flexibility index (Phi) is 7.93. The number of carbonyl (C=O) groups excluding carboxylic acids is 2. The Labute approximate surface area is 181 Å². The van der Waals surface area contributed by atoms with Crippen molar-refractivity contribution in [1.82, 2.24) is 0 Å². The van der Waals surface area contributed by atoms with Crippen LogP contribution in [0, 0.1) is 0 Å². The number of thiol groups is 2. The second-order valence-electron chi connectivity index (χ2n) is 6.66. The number of carbonyl (C=O) groups is 2. The number of halogens is 1. The third-order valence-electron chi connectivity index (χ3n) is 4.40. The van der Waals surface area contributed by atoms with Gasteiger partial charge in [-0.05, 0) is 29.3 Å². The van der Waals surface area contributed by atoms with Gasteiger partial charge in [-0.15, -0.1) is 25.3 Å². The summed E-state index contributed by atoms with van der Waals surface area (Å²) in [5, 5.41) is 0.198. The molecule has 0 fully saturated rings. The van der Waals surface area contributed by atoms with Gasteiger partial charge in [-0.1, -0.05) is 86.1 Å². The maximum absolute atomic E-state index is 11.7. The van der Waals surface area contributed by atoms with E-state index in [1.54, 1.807) is 24.3 Å². The summed E-state index contributed by atoms with van der Waals surface area (Å²) in [7, 11) is 0. The molecule has 0 amide bonds. The topological polar surface area (TPSA) is 34.1 Å². The maximum atomic E-state index is 11.7. The van der Waals surface area contributed by atoms with Gasteiger partial charge in [-0.3, -0.25) is 9.59 Å². The summed E-state index contributed by atoms with van der Waals surface area (Å²) < 4.78 is 0. The first-order valence-electron chi connectivity index (χ1n) is 8.60. The second-order valence-corrected chi connectivity index (χ2v) is 7.91. The van der Waals surface area contributed by atoms with Crippen LogP contribution in [-0.2, 0) is 5.41 Å². The van der Waals surface area contributed by atoms with Crippen molar-refractivity contribution in [2.24, 2.45) is 0 Å². The molecule has 0 saturated carbocycles. The van der Waals surface area contributed by atoms with Gasteiger partial charge in [0.15, 0.2) is 0 Å². The van der Waals surface area contributed by atoms with Crippen LogP contribution in [0.4, 0.5) is 0 Å². The maximum Gasteiger partial charge on any atom is 0.216 e. The molecule has 0 aliphatic heterocycles. The fourth-order valence-electron chi connectivity index (χ4n) is 2.81. The first-order valence-corrected chi connectivity index (χ1v) is 9.88. The van der Waals surface area contributed by atoms with Crippen molar-refractivity contribution in [3.05, 3.63) is 106 Å². The lowest BCUT2D eigenvalue weighted by molar-refractivity contribution is 0.108. The van der Waals surface area contributed by atoms with Crippen LogP contribution >= 0.6 is 36.9 Å². The summed E-state index contributed by atoms with van der Waals surface area (Å²) >= 11 is 13.7. The Balaban J connectivity index is 0.000000261. The summed E-state index contributed by atoms with van der Waals surface area (Å²) in [5.41, 5.74) is 2.96. The van der Waals surface area contributed by atoms with E-state index in [2.05, 4.69) is 39.1 Å². The Hall–Kier alpha value is -2.01. The standard InChI is InChI=1S/C16H15ClOS.C7H6OS/c1-16(2,11-6-4-3-5-7-11)14-10-12(17)8-9-13(14)15(18)19;8-7(9)6-4-2-1-3-5-6/h3-10H,1-2H3,(H,18,19);1-5H,(H,8,9). The van der Waals surface area contributed by atoms with Crippen LogP contribution in [0.3, 0.4) is 0 Å². The minimum atomic E-state index is -0.306. The van der Waals surface area contributed by atoms with E-state index in [0.717, 1.165) is 11.1 Å². The van der Waals surface area contributed by atoms with Crippen LogP contribution in [-0.4, -0.2) is 10.2 Å². The van der Waals surface area contributed by atoms with Gasteiger partial charge in [0.2, 0.25) is 10.2 Å². The second kappa shape index (κ2) is 9.97. The number of hydrogen-bond acceptors (Lipinski definition) is 2. The van der Waals surface area contributed by atoms with E-state index >= 15 is 0 Å². The Bertz CT molecular complexity index is 955. The highest BCUT2D eigenvalue weighted by Gasteiger charge is 2.27. The average molecular weight is 429 g/mol. The Morgan fingerprint density at radius 1 is 0.786 bits per heavy atom. The van der Waals surface area contributed by atoms with Gasteiger partial charge in [0.05, 0.1) is 0 Å². The molecule has 5 heteroatoms. The molecule has 0 aliphatic carbocycles. The van der Waals surface area contributed by atoms with Crippen molar-refractivity contribution in [2.45, 2.75) is 19.3 Å². The molecule has 0 N–H and O–H groups in total. The molecule has 0 bridgehead atoms. The van der Waals surface area contributed by atoms with Gasteiger partial charge in [0.25, 0.3) is 0 Å². The van der Waals surface area contributed by atoms with Crippen LogP contribution in [0.2, 0.25) is 5.02 Å². The molecular weight excluding hydrogens is 408 g/mol. The summed E-state index contributed by atoms with van der Waals surface area (Å²) in [4.78, 5) is 22.2. The first-order chi connectivity index (χ1) is 13.2. The summed E-state index contributed by atoms with van der Waals surface area (Å²) in [6.45, 7) is 4.16. The average Bonchev–Trinajstić information content (AvgIpc) is 2.69. The number of rotatable bonds is 4. The lowest BCUT2D eigenvalue weighted by atomic mass is 9.76. The molecule has 2 nitrogen and oxygen atoms in total. The molecule has 0 atom stereocenters. The molecule has 0 aromatic heterocycles. The molecular formula is C23H21ClO2S2. The van der Waals surface area contributed by atoms with E-state index in [1.165, 1.54) is 0 Å². The van der Waals surface area contributed by atoms with Crippen molar-refractivity contribution in [1.29, 1.82) is 0 Å². The molecule has 0 heterocycles.